The Hall–Kier alpha value is -2.69. The highest BCUT2D eigenvalue weighted by Gasteiger charge is 2.05. The number of rotatable bonds is 7. The molecule has 2 aromatic carbocycles. The Labute approximate surface area is 129 Å². The normalized spacial score (nSPS) is 10.1. The van der Waals surface area contributed by atoms with Crippen LogP contribution in [0.2, 0.25) is 0 Å². The molecule has 0 aromatic heterocycles. The maximum atomic E-state index is 10.8. The molecular formula is C17H19NO4. The van der Waals surface area contributed by atoms with Gasteiger partial charge in [-0.15, -0.1) is 0 Å². The second-order valence-corrected chi connectivity index (χ2v) is 4.75. The number of ether oxygens (including phenoxy) is 2. The van der Waals surface area contributed by atoms with Gasteiger partial charge in [0, 0.05) is 12.2 Å². The third-order valence-electron chi connectivity index (χ3n) is 3.32. The third-order valence-corrected chi connectivity index (χ3v) is 3.32. The molecule has 0 atom stereocenters. The van der Waals surface area contributed by atoms with Gasteiger partial charge in [0.2, 0.25) is 0 Å². The molecule has 0 amide bonds. The van der Waals surface area contributed by atoms with Crippen molar-refractivity contribution in [1.29, 1.82) is 0 Å². The van der Waals surface area contributed by atoms with Crippen molar-refractivity contribution < 1.29 is 19.4 Å². The standard InChI is InChI=1S/C17H19NO4/c1-21-15-8-3-12(11-16(15)22-2)9-10-18-14-6-4-13(5-7-14)17(19)20/h3-8,11,18H,9-10H2,1-2H3,(H,19,20). The molecule has 0 aliphatic rings. The maximum Gasteiger partial charge on any atom is 0.335 e. The lowest BCUT2D eigenvalue weighted by molar-refractivity contribution is 0.0697. The van der Waals surface area contributed by atoms with Gasteiger partial charge in [-0.05, 0) is 48.4 Å². The topological polar surface area (TPSA) is 67.8 Å². The summed E-state index contributed by atoms with van der Waals surface area (Å²) in [4.78, 5) is 10.8. The Bertz CT molecular complexity index is 638. The van der Waals surface area contributed by atoms with Crippen molar-refractivity contribution in [3.8, 4) is 11.5 Å². The van der Waals surface area contributed by atoms with Gasteiger partial charge >= 0.3 is 5.97 Å². The van der Waals surface area contributed by atoms with E-state index in [4.69, 9.17) is 14.6 Å². The van der Waals surface area contributed by atoms with E-state index in [0.717, 1.165) is 24.2 Å². The van der Waals surface area contributed by atoms with E-state index in [9.17, 15) is 4.79 Å². The van der Waals surface area contributed by atoms with Crippen LogP contribution in [0, 0.1) is 0 Å². The molecule has 116 valence electrons. The fourth-order valence-corrected chi connectivity index (χ4v) is 2.12. The largest absolute Gasteiger partial charge is 0.493 e. The third kappa shape index (κ3) is 3.91. The lowest BCUT2D eigenvalue weighted by Gasteiger charge is -2.10. The SMILES string of the molecule is COc1ccc(CCNc2ccc(C(=O)O)cc2)cc1OC. The fraction of sp³-hybridized carbons (Fsp3) is 0.235. The molecule has 0 spiro atoms. The number of nitrogens with one attached hydrogen (secondary N) is 1. The van der Waals surface area contributed by atoms with Gasteiger partial charge in [0.25, 0.3) is 0 Å². The number of aromatic carboxylic acids is 1. The quantitative estimate of drug-likeness (QED) is 0.822. The molecular weight excluding hydrogens is 282 g/mol. The molecule has 2 rings (SSSR count). The Morgan fingerprint density at radius 2 is 1.73 bits per heavy atom. The number of anilines is 1. The van der Waals surface area contributed by atoms with E-state index in [-0.39, 0.29) is 5.56 Å². The lowest BCUT2D eigenvalue weighted by atomic mass is 10.1. The van der Waals surface area contributed by atoms with Crippen molar-refractivity contribution in [3.63, 3.8) is 0 Å². The van der Waals surface area contributed by atoms with Crippen LogP contribution in [0.3, 0.4) is 0 Å². The Balaban J connectivity index is 1.92. The zero-order chi connectivity index (χ0) is 15.9. The van der Waals surface area contributed by atoms with E-state index in [1.807, 2.05) is 18.2 Å². The molecule has 2 aromatic rings. The summed E-state index contributed by atoms with van der Waals surface area (Å²) in [6.07, 6.45) is 0.820. The van der Waals surface area contributed by atoms with Crippen LogP contribution in [0.4, 0.5) is 5.69 Å². The molecule has 0 bridgehead atoms. The van der Waals surface area contributed by atoms with Gasteiger partial charge in [-0.25, -0.2) is 4.79 Å². The van der Waals surface area contributed by atoms with Gasteiger partial charge < -0.3 is 19.9 Å². The first-order valence-electron chi connectivity index (χ1n) is 6.92. The van der Waals surface area contributed by atoms with Crippen LogP contribution in [0.25, 0.3) is 0 Å². The summed E-state index contributed by atoms with van der Waals surface area (Å²) in [6, 6.07) is 12.5. The first-order valence-corrected chi connectivity index (χ1v) is 6.92. The lowest BCUT2D eigenvalue weighted by Crippen LogP contribution is -2.05. The number of hydrogen-bond donors (Lipinski definition) is 2. The number of benzene rings is 2. The van der Waals surface area contributed by atoms with E-state index >= 15 is 0 Å². The van der Waals surface area contributed by atoms with Crippen molar-refractivity contribution in [1.82, 2.24) is 0 Å². The fourth-order valence-electron chi connectivity index (χ4n) is 2.12. The van der Waals surface area contributed by atoms with Gasteiger partial charge in [0.05, 0.1) is 19.8 Å². The zero-order valence-electron chi connectivity index (χ0n) is 12.6. The van der Waals surface area contributed by atoms with E-state index in [2.05, 4.69) is 5.32 Å². The van der Waals surface area contributed by atoms with Gasteiger partial charge in [0.15, 0.2) is 11.5 Å². The minimum absolute atomic E-state index is 0.283. The van der Waals surface area contributed by atoms with Crippen LogP contribution < -0.4 is 14.8 Å². The smallest absolute Gasteiger partial charge is 0.335 e. The number of carboxylic acids is 1. The molecule has 22 heavy (non-hydrogen) atoms. The first kappa shape index (κ1) is 15.7. The Kier molecular flexibility index (Phi) is 5.25. The highest BCUT2D eigenvalue weighted by Crippen LogP contribution is 2.27. The van der Waals surface area contributed by atoms with E-state index < -0.39 is 5.97 Å². The maximum absolute atomic E-state index is 10.8. The molecule has 0 fully saturated rings. The monoisotopic (exact) mass is 301 g/mol. The number of hydrogen-bond acceptors (Lipinski definition) is 4. The summed E-state index contributed by atoms with van der Waals surface area (Å²) in [5, 5.41) is 12.1. The van der Waals surface area contributed by atoms with Gasteiger partial charge in [0.1, 0.15) is 0 Å². The van der Waals surface area contributed by atoms with E-state index in [1.54, 1.807) is 38.5 Å². The van der Waals surface area contributed by atoms with Crippen molar-refractivity contribution in [2.45, 2.75) is 6.42 Å². The zero-order valence-corrected chi connectivity index (χ0v) is 12.6. The van der Waals surface area contributed by atoms with Gasteiger partial charge in [-0.2, -0.15) is 0 Å². The average molecular weight is 301 g/mol. The Morgan fingerprint density at radius 3 is 2.32 bits per heavy atom. The predicted octanol–water partition coefficient (Wildman–Crippen LogP) is 3.06. The molecule has 0 aliphatic heterocycles. The molecule has 5 nitrogen and oxygen atoms in total. The van der Waals surface area contributed by atoms with E-state index in [1.165, 1.54) is 0 Å². The Morgan fingerprint density at radius 1 is 1.05 bits per heavy atom. The summed E-state index contributed by atoms with van der Waals surface area (Å²) < 4.78 is 10.5. The first-order chi connectivity index (χ1) is 10.6. The van der Waals surface area contributed by atoms with E-state index in [0.29, 0.717) is 11.5 Å². The van der Waals surface area contributed by atoms with Crippen molar-refractivity contribution >= 4 is 11.7 Å². The predicted molar refractivity (Wildman–Crippen MR) is 85.1 cm³/mol. The van der Waals surface area contributed by atoms with Crippen LogP contribution in [-0.4, -0.2) is 31.8 Å². The van der Waals surface area contributed by atoms with Crippen molar-refractivity contribution in [2.75, 3.05) is 26.1 Å². The molecule has 2 N–H and O–H groups in total. The van der Waals surface area contributed by atoms with Crippen molar-refractivity contribution in [2.24, 2.45) is 0 Å². The molecule has 0 unspecified atom stereocenters. The highest BCUT2D eigenvalue weighted by atomic mass is 16.5. The summed E-state index contributed by atoms with van der Waals surface area (Å²) in [5.74, 6) is 0.506. The van der Waals surface area contributed by atoms with Crippen LogP contribution >= 0.6 is 0 Å². The molecule has 0 saturated heterocycles. The second kappa shape index (κ2) is 7.36. The molecule has 0 saturated carbocycles. The summed E-state index contributed by atoms with van der Waals surface area (Å²) >= 11 is 0. The minimum atomic E-state index is -0.920. The van der Waals surface area contributed by atoms with Gasteiger partial charge in [-0.1, -0.05) is 6.07 Å². The number of carboxylic acid groups (broad SMARTS) is 1. The summed E-state index contributed by atoms with van der Waals surface area (Å²) in [6.45, 7) is 0.738. The molecule has 5 heteroatoms. The number of methoxy groups -OCH3 is 2. The highest BCUT2D eigenvalue weighted by molar-refractivity contribution is 5.87. The summed E-state index contributed by atoms with van der Waals surface area (Å²) in [5.41, 5.74) is 2.31. The second-order valence-electron chi connectivity index (χ2n) is 4.75. The van der Waals surface area contributed by atoms with Gasteiger partial charge in [-0.3, -0.25) is 0 Å². The average Bonchev–Trinajstić information content (AvgIpc) is 2.55. The molecule has 0 aliphatic carbocycles. The molecule has 0 heterocycles. The minimum Gasteiger partial charge on any atom is -0.493 e. The van der Waals surface area contributed by atoms with Crippen LogP contribution in [0.15, 0.2) is 42.5 Å². The summed E-state index contributed by atoms with van der Waals surface area (Å²) in [7, 11) is 3.23. The molecule has 0 radical (unpaired) electrons. The number of carbonyl (C=O) groups is 1. The van der Waals surface area contributed by atoms with Crippen molar-refractivity contribution in [3.05, 3.63) is 53.6 Å². The van der Waals surface area contributed by atoms with Crippen LogP contribution in [-0.2, 0) is 6.42 Å². The van der Waals surface area contributed by atoms with Crippen LogP contribution in [0.1, 0.15) is 15.9 Å². The van der Waals surface area contributed by atoms with Crippen LogP contribution in [0.5, 0.6) is 11.5 Å².